The molecule has 0 atom stereocenters. The lowest BCUT2D eigenvalue weighted by Crippen LogP contribution is -2.54. The Balaban J connectivity index is 1.64. The number of ether oxygens (including phenoxy) is 1. The van der Waals surface area contributed by atoms with Crippen molar-refractivity contribution in [2.24, 2.45) is 0 Å². The molecule has 0 aliphatic carbocycles. The minimum Gasteiger partial charge on any atom is -0.494 e. The van der Waals surface area contributed by atoms with Gasteiger partial charge in [0.1, 0.15) is 11.3 Å². The first-order valence-electron chi connectivity index (χ1n) is 8.95. The second-order valence-electron chi connectivity index (χ2n) is 6.41. The van der Waals surface area contributed by atoms with Gasteiger partial charge in [-0.1, -0.05) is 19.1 Å². The van der Waals surface area contributed by atoms with Crippen molar-refractivity contribution in [1.82, 2.24) is 20.4 Å². The molecule has 0 radical (unpaired) electrons. The molecule has 1 fully saturated rings. The van der Waals surface area contributed by atoms with E-state index in [1.54, 1.807) is 6.20 Å². The molecule has 1 saturated heterocycles. The third kappa shape index (κ3) is 4.02. The van der Waals surface area contributed by atoms with Crippen LogP contribution in [0.15, 0.2) is 42.7 Å². The van der Waals surface area contributed by atoms with Crippen LogP contribution < -0.4 is 15.4 Å². The molecule has 1 aromatic heterocycles. The highest BCUT2D eigenvalue weighted by Crippen LogP contribution is 2.27. The molecule has 2 aromatic rings. The molecule has 134 valence electrons. The van der Waals surface area contributed by atoms with Gasteiger partial charge in [-0.25, -0.2) is 0 Å². The summed E-state index contributed by atoms with van der Waals surface area (Å²) in [5.74, 6) is 0.896. The van der Waals surface area contributed by atoms with Gasteiger partial charge in [0.25, 0.3) is 0 Å². The maximum absolute atomic E-state index is 13.0. The van der Waals surface area contributed by atoms with E-state index in [1.165, 1.54) is 0 Å². The van der Waals surface area contributed by atoms with Gasteiger partial charge in [0.05, 0.1) is 6.61 Å². The second kappa shape index (κ2) is 8.16. The number of benzene rings is 1. The summed E-state index contributed by atoms with van der Waals surface area (Å²) < 4.78 is 7.40. The largest absolute Gasteiger partial charge is 0.494 e. The van der Waals surface area contributed by atoms with E-state index in [0.717, 1.165) is 50.3 Å². The van der Waals surface area contributed by atoms with E-state index in [0.29, 0.717) is 6.54 Å². The molecule has 3 rings (SSSR count). The smallest absolute Gasteiger partial charge is 0.248 e. The number of carbonyl (C=O) groups excluding carboxylic acids is 1. The molecule has 1 amide bonds. The molecule has 6 nitrogen and oxygen atoms in total. The Labute approximate surface area is 148 Å². The topological polar surface area (TPSA) is 68.2 Å². The Kier molecular flexibility index (Phi) is 5.71. The van der Waals surface area contributed by atoms with Gasteiger partial charge >= 0.3 is 0 Å². The lowest BCUT2D eigenvalue weighted by atomic mass is 9.87. The fourth-order valence-electron chi connectivity index (χ4n) is 3.19. The lowest BCUT2D eigenvalue weighted by Gasteiger charge is -2.36. The molecule has 0 bridgehead atoms. The van der Waals surface area contributed by atoms with E-state index < -0.39 is 5.54 Å². The summed E-state index contributed by atoms with van der Waals surface area (Å²) in [5, 5.41) is 10.7. The summed E-state index contributed by atoms with van der Waals surface area (Å²) in [6.45, 7) is 4.94. The van der Waals surface area contributed by atoms with E-state index in [-0.39, 0.29) is 5.91 Å². The summed E-state index contributed by atoms with van der Waals surface area (Å²) in [5.41, 5.74) is 0.459. The monoisotopic (exact) mass is 342 g/mol. The molecule has 1 aliphatic rings. The standard InChI is InChI=1S/C19H26N4O2/c1-2-14-25-17-6-4-16(5-7-17)15-21-18(24)19(8-11-20-12-9-19)23-13-3-10-22-23/h3-7,10,13,20H,2,8-9,11-12,14-15H2,1H3,(H,21,24). The predicted molar refractivity (Wildman–Crippen MR) is 96.4 cm³/mol. The maximum atomic E-state index is 13.0. The van der Waals surface area contributed by atoms with Gasteiger partial charge in [0.15, 0.2) is 0 Å². The summed E-state index contributed by atoms with van der Waals surface area (Å²) >= 11 is 0. The van der Waals surface area contributed by atoms with Gasteiger partial charge in [-0.15, -0.1) is 0 Å². The van der Waals surface area contributed by atoms with Crippen LogP contribution in [0, 0.1) is 0 Å². The highest BCUT2D eigenvalue weighted by atomic mass is 16.5. The summed E-state index contributed by atoms with van der Waals surface area (Å²) in [6.07, 6.45) is 6.08. The fraction of sp³-hybridized carbons (Fsp3) is 0.474. The van der Waals surface area contributed by atoms with Crippen LogP contribution in [0.2, 0.25) is 0 Å². The Morgan fingerprint density at radius 1 is 1.32 bits per heavy atom. The first-order chi connectivity index (χ1) is 12.2. The molecular formula is C19H26N4O2. The van der Waals surface area contributed by atoms with Crippen LogP contribution in [-0.2, 0) is 16.9 Å². The third-order valence-electron chi connectivity index (χ3n) is 4.65. The van der Waals surface area contributed by atoms with Crippen LogP contribution in [0.3, 0.4) is 0 Å². The van der Waals surface area contributed by atoms with Gasteiger partial charge in [-0.2, -0.15) is 5.10 Å². The zero-order chi connectivity index (χ0) is 17.5. The Bertz CT molecular complexity index is 661. The van der Waals surface area contributed by atoms with E-state index in [1.807, 2.05) is 41.2 Å². The molecular weight excluding hydrogens is 316 g/mol. The molecule has 25 heavy (non-hydrogen) atoms. The minimum absolute atomic E-state index is 0.0315. The molecule has 1 aromatic carbocycles. The number of aromatic nitrogens is 2. The van der Waals surface area contributed by atoms with Crippen molar-refractivity contribution in [2.45, 2.75) is 38.3 Å². The van der Waals surface area contributed by atoms with Crippen molar-refractivity contribution < 1.29 is 9.53 Å². The van der Waals surface area contributed by atoms with Gasteiger partial charge < -0.3 is 15.4 Å². The SMILES string of the molecule is CCCOc1ccc(CNC(=O)C2(n3cccn3)CCNCC2)cc1. The number of nitrogens with one attached hydrogen (secondary N) is 2. The number of carbonyl (C=O) groups is 1. The van der Waals surface area contributed by atoms with E-state index in [9.17, 15) is 4.79 Å². The van der Waals surface area contributed by atoms with Crippen molar-refractivity contribution in [2.75, 3.05) is 19.7 Å². The van der Waals surface area contributed by atoms with Crippen molar-refractivity contribution in [3.05, 3.63) is 48.3 Å². The van der Waals surface area contributed by atoms with Crippen molar-refractivity contribution >= 4 is 5.91 Å². The Hall–Kier alpha value is -2.34. The van der Waals surface area contributed by atoms with E-state index in [2.05, 4.69) is 22.7 Å². The number of nitrogens with zero attached hydrogens (tertiary/aromatic N) is 2. The number of piperidine rings is 1. The van der Waals surface area contributed by atoms with Crippen molar-refractivity contribution in [3.8, 4) is 5.75 Å². The normalized spacial score (nSPS) is 16.4. The van der Waals surface area contributed by atoms with E-state index >= 15 is 0 Å². The first kappa shape index (κ1) is 17.5. The molecule has 2 heterocycles. The Morgan fingerprint density at radius 3 is 2.72 bits per heavy atom. The third-order valence-corrected chi connectivity index (χ3v) is 4.65. The number of rotatable bonds is 7. The zero-order valence-electron chi connectivity index (χ0n) is 14.7. The van der Waals surface area contributed by atoms with Gasteiger partial charge in [-0.3, -0.25) is 9.48 Å². The molecule has 1 aliphatic heterocycles. The summed E-state index contributed by atoms with van der Waals surface area (Å²) in [7, 11) is 0. The number of amides is 1. The van der Waals surface area contributed by atoms with Gasteiger partial charge in [0, 0.05) is 18.9 Å². The van der Waals surface area contributed by atoms with Crippen LogP contribution >= 0.6 is 0 Å². The fourth-order valence-corrected chi connectivity index (χ4v) is 3.19. The first-order valence-corrected chi connectivity index (χ1v) is 8.95. The average Bonchev–Trinajstić information content (AvgIpc) is 3.21. The van der Waals surface area contributed by atoms with Crippen LogP contribution in [0.1, 0.15) is 31.7 Å². The van der Waals surface area contributed by atoms with Crippen LogP contribution in [0.4, 0.5) is 0 Å². The van der Waals surface area contributed by atoms with E-state index in [4.69, 9.17) is 4.74 Å². The molecule has 6 heteroatoms. The molecule has 0 spiro atoms. The minimum atomic E-state index is -0.598. The van der Waals surface area contributed by atoms with Gasteiger partial charge in [0.2, 0.25) is 5.91 Å². The molecule has 0 saturated carbocycles. The highest BCUT2D eigenvalue weighted by molar-refractivity contribution is 5.84. The van der Waals surface area contributed by atoms with Crippen LogP contribution in [0.25, 0.3) is 0 Å². The molecule has 2 N–H and O–H groups in total. The average molecular weight is 342 g/mol. The lowest BCUT2D eigenvalue weighted by molar-refractivity contribution is -0.132. The molecule has 0 unspecified atom stereocenters. The second-order valence-corrected chi connectivity index (χ2v) is 6.41. The van der Waals surface area contributed by atoms with Crippen molar-refractivity contribution in [3.63, 3.8) is 0 Å². The van der Waals surface area contributed by atoms with Crippen LogP contribution in [0.5, 0.6) is 5.75 Å². The quantitative estimate of drug-likeness (QED) is 0.808. The number of hydrogen-bond donors (Lipinski definition) is 2. The zero-order valence-corrected chi connectivity index (χ0v) is 14.7. The predicted octanol–water partition coefficient (Wildman–Crippen LogP) is 2.07. The summed E-state index contributed by atoms with van der Waals surface area (Å²) in [4.78, 5) is 13.0. The van der Waals surface area contributed by atoms with Crippen LogP contribution in [-0.4, -0.2) is 35.4 Å². The highest BCUT2D eigenvalue weighted by Gasteiger charge is 2.41. The summed E-state index contributed by atoms with van der Waals surface area (Å²) in [6, 6.07) is 9.75. The maximum Gasteiger partial charge on any atom is 0.248 e. The van der Waals surface area contributed by atoms with Crippen molar-refractivity contribution in [1.29, 1.82) is 0 Å². The van der Waals surface area contributed by atoms with Gasteiger partial charge in [-0.05, 0) is 56.1 Å². The Morgan fingerprint density at radius 2 is 2.08 bits per heavy atom. The number of hydrogen-bond acceptors (Lipinski definition) is 4.